The van der Waals surface area contributed by atoms with Crippen LogP contribution in [0.5, 0.6) is 0 Å². The number of nitrogens with zero attached hydrogens (tertiary/aromatic N) is 1. The zero-order valence-corrected chi connectivity index (χ0v) is 23.9. The summed E-state index contributed by atoms with van der Waals surface area (Å²) < 4.78 is 33.7. The Balaban J connectivity index is 2.18. The van der Waals surface area contributed by atoms with Gasteiger partial charge in [0.15, 0.2) is 12.2 Å². The first-order valence-corrected chi connectivity index (χ1v) is 13.0. The number of esters is 1. The van der Waals surface area contributed by atoms with Crippen molar-refractivity contribution >= 4 is 33.9 Å². The van der Waals surface area contributed by atoms with Crippen LogP contribution >= 0.6 is 15.9 Å². The minimum Gasteiger partial charge on any atom is -0.461 e. The number of hydrogen-bond donors (Lipinski definition) is 1. The quantitative estimate of drug-likeness (QED) is 0.239. The second-order valence-corrected chi connectivity index (χ2v) is 10.4. The smallest absolute Gasteiger partial charge is 0.417 e. The topological polar surface area (TPSA) is 134 Å². The molecule has 1 fully saturated rings. The number of ether oxygens (including phenoxy) is 5. The predicted octanol–water partition coefficient (Wildman–Crippen LogP) is 3.40. The van der Waals surface area contributed by atoms with Gasteiger partial charge in [0, 0.05) is 27.1 Å². The fraction of sp³-hybridized carbons (Fsp3) is 0.720. The first-order chi connectivity index (χ1) is 17.4. The molecule has 2 rings (SSSR count). The lowest BCUT2D eigenvalue weighted by Gasteiger charge is -2.33. The molecule has 1 aromatic heterocycles. The van der Waals surface area contributed by atoms with E-state index in [0.29, 0.717) is 42.9 Å². The number of aryl methyl sites for hydroxylation is 1. The van der Waals surface area contributed by atoms with E-state index in [-0.39, 0.29) is 24.9 Å². The number of imide groups is 1. The van der Waals surface area contributed by atoms with Crippen LogP contribution in [-0.4, -0.2) is 85.9 Å². The van der Waals surface area contributed by atoms with Crippen molar-refractivity contribution in [2.45, 2.75) is 71.3 Å². The van der Waals surface area contributed by atoms with Gasteiger partial charge in [-0.15, -0.1) is 0 Å². The molecule has 0 aromatic carbocycles. The molecule has 1 aromatic rings. The molecule has 0 radical (unpaired) electrons. The summed E-state index contributed by atoms with van der Waals surface area (Å²) in [6, 6.07) is 1.08. The van der Waals surface area contributed by atoms with E-state index in [9.17, 15) is 14.4 Å². The zero-order chi connectivity index (χ0) is 27.8. The summed E-state index contributed by atoms with van der Waals surface area (Å²) in [5, 5.41) is 8.69. The van der Waals surface area contributed by atoms with Gasteiger partial charge in [-0.3, -0.25) is 9.59 Å². The largest absolute Gasteiger partial charge is 0.461 e. The van der Waals surface area contributed by atoms with Crippen molar-refractivity contribution in [1.82, 2.24) is 4.90 Å². The molecule has 2 amide bonds. The maximum absolute atomic E-state index is 13.6. The SMILES string of the molecule is COC(C(=O)N1C(=O)OC(C)(C)C1C(C)C)C(OC(C)=O)c1cc(Br)c(CCCOCCOCCO)o1. The maximum atomic E-state index is 13.6. The van der Waals surface area contributed by atoms with Crippen LogP contribution in [0.15, 0.2) is 15.0 Å². The van der Waals surface area contributed by atoms with E-state index in [1.54, 1.807) is 19.9 Å². The van der Waals surface area contributed by atoms with E-state index in [4.69, 9.17) is 33.2 Å². The molecule has 11 nitrogen and oxygen atoms in total. The van der Waals surface area contributed by atoms with Crippen LogP contribution in [0, 0.1) is 5.92 Å². The molecule has 210 valence electrons. The number of methoxy groups -OCH3 is 1. The Morgan fingerprint density at radius 1 is 1.19 bits per heavy atom. The average Bonchev–Trinajstić information content (AvgIpc) is 3.29. The third-order valence-corrected chi connectivity index (χ3v) is 6.50. The number of cyclic esters (lactones) is 1. The third kappa shape index (κ3) is 8.25. The van der Waals surface area contributed by atoms with Gasteiger partial charge in [-0.05, 0) is 48.2 Å². The highest BCUT2D eigenvalue weighted by Gasteiger charge is 2.54. The molecule has 1 aliphatic rings. The summed E-state index contributed by atoms with van der Waals surface area (Å²) in [5.74, 6) is -0.646. The predicted molar refractivity (Wildman–Crippen MR) is 135 cm³/mol. The highest BCUT2D eigenvalue weighted by molar-refractivity contribution is 9.10. The molecule has 3 unspecified atom stereocenters. The molecule has 1 saturated heterocycles. The molecule has 37 heavy (non-hydrogen) atoms. The Morgan fingerprint density at radius 2 is 1.84 bits per heavy atom. The lowest BCUT2D eigenvalue weighted by atomic mass is 9.88. The van der Waals surface area contributed by atoms with E-state index < -0.39 is 41.8 Å². The van der Waals surface area contributed by atoms with Crippen molar-refractivity contribution < 1.29 is 47.6 Å². The number of carbonyl (C=O) groups excluding carboxylic acids is 3. The van der Waals surface area contributed by atoms with Gasteiger partial charge in [0.05, 0.1) is 36.9 Å². The Bertz CT molecular complexity index is 915. The maximum Gasteiger partial charge on any atom is 0.417 e. The molecule has 3 atom stereocenters. The minimum atomic E-state index is -1.35. The normalized spacial score (nSPS) is 18.7. The van der Waals surface area contributed by atoms with Crippen molar-refractivity contribution in [3.63, 3.8) is 0 Å². The van der Waals surface area contributed by atoms with E-state index >= 15 is 0 Å². The first-order valence-electron chi connectivity index (χ1n) is 12.2. The average molecular weight is 592 g/mol. The fourth-order valence-corrected chi connectivity index (χ4v) is 4.99. The molecule has 0 spiro atoms. The Labute approximate surface area is 225 Å². The summed E-state index contributed by atoms with van der Waals surface area (Å²) in [7, 11) is 1.30. The number of carbonyl (C=O) groups is 3. The number of furan rings is 1. The van der Waals surface area contributed by atoms with Crippen molar-refractivity contribution in [3.05, 3.63) is 22.1 Å². The summed E-state index contributed by atoms with van der Waals surface area (Å²) >= 11 is 3.46. The van der Waals surface area contributed by atoms with Gasteiger partial charge < -0.3 is 33.2 Å². The number of aliphatic hydroxyl groups excluding tert-OH is 1. The van der Waals surface area contributed by atoms with Gasteiger partial charge in [-0.25, -0.2) is 9.69 Å². The molecule has 0 bridgehead atoms. The second-order valence-electron chi connectivity index (χ2n) is 9.53. The highest BCUT2D eigenvalue weighted by Crippen LogP contribution is 2.37. The van der Waals surface area contributed by atoms with Gasteiger partial charge in [-0.1, -0.05) is 13.8 Å². The third-order valence-electron chi connectivity index (χ3n) is 5.83. The summed E-state index contributed by atoms with van der Waals surface area (Å²) in [4.78, 5) is 39.4. The van der Waals surface area contributed by atoms with Gasteiger partial charge in [0.25, 0.3) is 5.91 Å². The summed E-state index contributed by atoms with van der Waals surface area (Å²) in [6.07, 6.45) is -2.20. The fourth-order valence-electron chi connectivity index (χ4n) is 4.48. The number of hydrogen-bond acceptors (Lipinski definition) is 10. The van der Waals surface area contributed by atoms with Crippen LogP contribution in [0.1, 0.15) is 58.7 Å². The highest BCUT2D eigenvalue weighted by atomic mass is 79.9. The molecular formula is C25H38BrNO10. The Morgan fingerprint density at radius 3 is 2.41 bits per heavy atom. The van der Waals surface area contributed by atoms with Crippen LogP contribution in [0.3, 0.4) is 0 Å². The molecule has 2 heterocycles. The standard InChI is InChI=1S/C25H38BrNO10/c1-15(2)22-25(4,5)37-24(31)27(22)23(30)21(32-6)20(35-16(3)29)19-14-17(26)18(36-19)8-7-10-33-12-13-34-11-9-28/h14-15,20-22,28H,7-13H2,1-6H3. The minimum absolute atomic E-state index is 0.0306. The van der Waals surface area contributed by atoms with Crippen LogP contribution < -0.4 is 0 Å². The van der Waals surface area contributed by atoms with Crippen molar-refractivity contribution in [2.24, 2.45) is 5.92 Å². The molecule has 1 aliphatic heterocycles. The number of halogens is 1. The Hall–Kier alpha value is -1.99. The van der Waals surface area contributed by atoms with Crippen LogP contribution in [-0.2, 0) is 39.7 Å². The lowest BCUT2D eigenvalue weighted by molar-refractivity contribution is -0.165. The van der Waals surface area contributed by atoms with Crippen molar-refractivity contribution in [1.29, 1.82) is 0 Å². The molecule has 1 N–H and O–H groups in total. The van der Waals surface area contributed by atoms with Crippen molar-refractivity contribution in [3.8, 4) is 0 Å². The van der Waals surface area contributed by atoms with Crippen LogP contribution in [0.4, 0.5) is 4.79 Å². The Kier molecular flexibility index (Phi) is 12.0. The molecule has 0 saturated carbocycles. The van der Waals surface area contributed by atoms with Gasteiger partial charge in [-0.2, -0.15) is 0 Å². The van der Waals surface area contributed by atoms with E-state index in [0.717, 1.165) is 4.90 Å². The zero-order valence-electron chi connectivity index (χ0n) is 22.3. The van der Waals surface area contributed by atoms with Crippen LogP contribution in [0.2, 0.25) is 0 Å². The number of amides is 2. The molecular weight excluding hydrogens is 554 g/mol. The molecule has 0 aliphatic carbocycles. The van der Waals surface area contributed by atoms with Crippen LogP contribution in [0.25, 0.3) is 0 Å². The van der Waals surface area contributed by atoms with Gasteiger partial charge in [0.1, 0.15) is 17.1 Å². The first kappa shape index (κ1) is 31.2. The van der Waals surface area contributed by atoms with Gasteiger partial charge in [0.2, 0.25) is 0 Å². The van der Waals surface area contributed by atoms with E-state index in [1.165, 1.54) is 14.0 Å². The number of aliphatic hydroxyl groups is 1. The monoisotopic (exact) mass is 591 g/mol. The lowest BCUT2D eigenvalue weighted by Crippen LogP contribution is -2.52. The number of rotatable bonds is 15. The van der Waals surface area contributed by atoms with E-state index in [2.05, 4.69) is 15.9 Å². The van der Waals surface area contributed by atoms with Crippen molar-refractivity contribution in [2.75, 3.05) is 40.1 Å². The van der Waals surface area contributed by atoms with Gasteiger partial charge >= 0.3 is 12.1 Å². The second kappa shape index (κ2) is 14.2. The summed E-state index contributed by atoms with van der Waals surface area (Å²) in [6.45, 7) is 9.99. The summed E-state index contributed by atoms with van der Waals surface area (Å²) in [5.41, 5.74) is -0.899. The molecule has 12 heteroatoms. The van der Waals surface area contributed by atoms with E-state index in [1.807, 2.05) is 13.8 Å².